The van der Waals surface area contributed by atoms with Crippen LogP contribution in [-0.4, -0.2) is 0 Å². The maximum absolute atomic E-state index is 2.43. The third-order valence-electron chi connectivity index (χ3n) is 3.73. The topological polar surface area (TPSA) is 0 Å². The van der Waals surface area contributed by atoms with E-state index in [-0.39, 0.29) is 0 Å². The Hall–Kier alpha value is -0.300. The molecule has 1 heterocycles. The Bertz CT molecular complexity index is 298. The standard InChI is InChI=1S/C12H18S.C2H6/c1-9(2)12(3)7-4-5-11-10(12)6-8-13-11;1-2/h6,8-9H,4-5,7H2,1-3H3;1-2H3. The Labute approximate surface area is 98.7 Å². The van der Waals surface area contributed by atoms with E-state index >= 15 is 0 Å². The smallest absolute Gasteiger partial charge is 0.00828 e. The van der Waals surface area contributed by atoms with Gasteiger partial charge in [0.2, 0.25) is 0 Å². The SMILES string of the molecule is CC.CC(C)C1(C)CCCc2sccc21. The van der Waals surface area contributed by atoms with Crippen molar-refractivity contribution in [3.05, 3.63) is 21.9 Å². The first-order valence-corrected chi connectivity index (χ1v) is 7.09. The number of hydrogen-bond acceptors (Lipinski definition) is 1. The predicted octanol–water partition coefficient (Wildman–Crippen LogP) is 5.02. The minimum absolute atomic E-state index is 0.452. The summed E-state index contributed by atoms with van der Waals surface area (Å²) in [6.07, 6.45) is 4.06. The van der Waals surface area contributed by atoms with Crippen molar-refractivity contribution in [2.75, 3.05) is 0 Å². The molecular weight excluding hydrogens is 200 g/mol. The van der Waals surface area contributed by atoms with E-state index < -0.39 is 0 Å². The number of hydrogen-bond donors (Lipinski definition) is 0. The van der Waals surface area contributed by atoms with E-state index in [1.807, 2.05) is 25.2 Å². The van der Waals surface area contributed by atoms with Gasteiger partial charge in [-0.1, -0.05) is 34.6 Å². The highest BCUT2D eigenvalue weighted by Gasteiger charge is 2.35. The zero-order chi connectivity index (χ0) is 11.5. The molecule has 0 aliphatic heterocycles. The molecular formula is C14H24S. The molecule has 1 aromatic heterocycles. The molecule has 15 heavy (non-hydrogen) atoms. The molecule has 0 radical (unpaired) electrons. The van der Waals surface area contributed by atoms with Crippen LogP contribution < -0.4 is 0 Å². The lowest BCUT2D eigenvalue weighted by molar-refractivity contribution is 0.292. The van der Waals surface area contributed by atoms with Gasteiger partial charge in [0.1, 0.15) is 0 Å². The normalized spacial score (nSPS) is 24.4. The minimum Gasteiger partial charge on any atom is -0.149 e. The number of thiophene rings is 1. The summed E-state index contributed by atoms with van der Waals surface area (Å²) in [5.74, 6) is 0.765. The average molecular weight is 224 g/mol. The van der Waals surface area contributed by atoms with Crippen LogP contribution in [0, 0.1) is 5.92 Å². The quantitative estimate of drug-likeness (QED) is 0.628. The van der Waals surface area contributed by atoms with Crippen molar-refractivity contribution in [3.8, 4) is 0 Å². The van der Waals surface area contributed by atoms with Crippen molar-refractivity contribution in [1.29, 1.82) is 0 Å². The molecule has 1 atom stereocenters. The van der Waals surface area contributed by atoms with Crippen molar-refractivity contribution < 1.29 is 0 Å². The lowest BCUT2D eigenvalue weighted by Crippen LogP contribution is -2.31. The van der Waals surface area contributed by atoms with Gasteiger partial charge in [-0.15, -0.1) is 11.3 Å². The van der Waals surface area contributed by atoms with Gasteiger partial charge < -0.3 is 0 Å². The second kappa shape index (κ2) is 5.16. The first kappa shape index (κ1) is 12.8. The maximum atomic E-state index is 2.43. The van der Waals surface area contributed by atoms with Gasteiger partial charge in [-0.25, -0.2) is 0 Å². The minimum atomic E-state index is 0.452. The molecule has 0 bridgehead atoms. The summed E-state index contributed by atoms with van der Waals surface area (Å²) in [6.45, 7) is 11.1. The molecule has 0 spiro atoms. The molecule has 0 amide bonds. The molecule has 0 saturated carbocycles. The number of aryl methyl sites for hydroxylation is 1. The second-order valence-electron chi connectivity index (χ2n) is 4.68. The van der Waals surface area contributed by atoms with Crippen LogP contribution in [0.4, 0.5) is 0 Å². The van der Waals surface area contributed by atoms with Crippen LogP contribution in [0.5, 0.6) is 0 Å². The summed E-state index contributed by atoms with van der Waals surface area (Å²) < 4.78 is 0. The summed E-state index contributed by atoms with van der Waals surface area (Å²) in [5.41, 5.74) is 2.09. The fraction of sp³-hybridized carbons (Fsp3) is 0.714. The van der Waals surface area contributed by atoms with Crippen LogP contribution in [0.3, 0.4) is 0 Å². The molecule has 0 N–H and O–H groups in total. The fourth-order valence-electron chi connectivity index (χ4n) is 2.39. The average Bonchev–Trinajstić information content (AvgIpc) is 2.70. The molecule has 0 nitrogen and oxygen atoms in total. The van der Waals surface area contributed by atoms with E-state index in [9.17, 15) is 0 Å². The van der Waals surface area contributed by atoms with Gasteiger partial charge in [0.15, 0.2) is 0 Å². The summed E-state index contributed by atoms with van der Waals surface area (Å²) in [4.78, 5) is 1.64. The molecule has 0 saturated heterocycles. The van der Waals surface area contributed by atoms with Gasteiger partial charge in [0, 0.05) is 4.88 Å². The van der Waals surface area contributed by atoms with E-state index in [0.29, 0.717) is 5.41 Å². The molecule has 1 heteroatoms. The third-order valence-corrected chi connectivity index (χ3v) is 4.72. The zero-order valence-corrected chi connectivity index (χ0v) is 11.6. The van der Waals surface area contributed by atoms with E-state index in [0.717, 1.165) is 5.92 Å². The summed E-state index contributed by atoms with van der Waals surface area (Å²) in [5, 5.41) is 2.26. The number of rotatable bonds is 1. The van der Waals surface area contributed by atoms with E-state index in [1.54, 1.807) is 10.4 Å². The van der Waals surface area contributed by atoms with Gasteiger partial charge in [-0.05, 0) is 47.6 Å². The van der Waals surface area contributed by atoms with Gasteiger partial charge in [-0.2, -0.15) is 0 Å². The van der Waals surface area contributed by atoms with Crippen molar-refractivity contribution in [3.63, 3.8) is 0 Å². The zero-order valence-electron chi connectivity index (χ0n) is 10.8. The first-order valence-electron chi connectivity index (χ1n) is 6.21. The Morgan fingerprint density at radius 2 is 2.00 bits per heavy atom. The Balaban J connectivity index is 0.000000531. The van der Waals surface area contributed by atoms with Crippen molar-refractivity contribution in [2.24, 2.45) is 5.92 Å². The van der Waals surface area contributed by atoms with Crippen molar-refractivity contribution >= 4 is 11.3 Å². The van der Waals surface area contributed by atoms with Gasteiger partial charge in [-0.3, -0.25) is 0 Å². The summed E-state index contributed by atoms with van der Waals surface area (Å²) in [6, 6.07) is 2.35. The van der Waals surface area contributed by atoms with E-state index in [1.165, 1.54) is 19.3 Å². The highest BCUT2D eigenvalue weighted by atomic mass is 32.1. The van der Waals surface area contributed by atoms with Gasteiger partial charge in [0.05, 0.1) is 0 Å². The van der Waals surface area contributed by atoms with Crippen LogP contribution in [0.1, 0.15) is 57.9 Å². The Kier molecular flexibility index (Phi) is 4.39. The molecule has 1 aliphatic carbocycles. The van der Waals surface area contributed by atoms with E-state index in [4.69, 9.17) is 0 Å². The summed E-state index contributed by atoms with van der Waals surface area (Å²) >= 11 is 1.95. The molecule has 1 aromatic rings. The second-order valence-corrected chi connectivity index (χ2v) is 5.68. The largest absolute Gasteiger partial charge is 0.149 e. The summed E-state index contributed by atoms with van der Waals surface area (Å²) in [7, 11) is 0. The molecule has 1 aliphatic rings. The predicted molar refractivity (Wildman–Crippen MR) is 70.8 cm³/mol. The maximum Gasteiger partial charge on any atom is 0.00828 e. The molecule has 2 rings (SSSR count). The van der Waals surface area contributed by atoms with Crippen LogP contribution in [0.25, 0.3) is 0 Å². The van der Waals surface area contributed by atoms with Crippen LogP contribution in [0.15, 0.2) is 11.4 Å². The highest BCUT2D eigenvalue weighted by Crippen LogP contribution is 2.44. The van der Waals surface area contributed by atoms with Gasteiger partial charge >= 0.3 is 0 Å². The van der Waals surface area contributed by atoms with Crippen LogP contribution >= 0.6 is 11.3 Å². The Morgan fingerprint density at radius 1 is 1.33 bits per heavy atom. The van der Waals surface area contributed by atoms with Crippen LogP contribution in [0.2, 0.25) is 0 Å². The van der Waals surface area contributed by atoms with Crippen molar-refractivity contribution in [2.45, 2.75) is 59.3 Å². The first-order chi connectivity index (χ1) is 7.14. The lowest BCUT2D eigenvalue weighted by atomic mass is 9.67. The molecule has 0 fully saturated rings. The van der Waals surface area contributed by atoms with E-state index in [2.05, 4.69) is 32.2 Å². The van der Waals surface area contributed by atoms with Crippen LogP contribution in [-0.2, 0) is 11.8 Å². The number of fused-ring (bicyclic) bond motifs is 1. The molecule has 1 unspecified atom stereocenters. The Morgan fingerprint density at radius 3 is 2.60 bits per heavy atom. The van der Waals surface area contributed by atoms with Gasteiger partial charge in [0.25, 0.3) is 0 Å². The fourth-order valence-corrected chi connectivity index (χ4v) is 3.45. The monoisotopic (exact) mass is 224 g/mol. The van der Waals surface area contributed by atoms with Crippen molar-refractivity contribution in [1.82, 2.24) is 0 Å². The highest BCUT2D eigenvalue weighted by molar-refractivity contribution is 7.10. The lowest BCUT2D eigenvalue weighted by Gasteiger charge is -2.37. The third kappa shape index (κ3) is 2.28. The molecule has 0 aromatic carbocycles. The molecule has 86 valence electrons.